The number of hydrogen-bond acceptors (Lipinski definition) is 4. The van der Waals surface area contributed by atoms with Crippen LogP contribution in [0.4, 0.5) is 0 Å². The zero-order chi connectivity index (χ0) is 16.5. The number of pyridine rings is 1. The standard InChI is InChI=1S/C19H21N3O2/c23-18-16-4-2-1-3-15(16)13-17(18)21-9-11-22(12-10-21)19(24)14-5-7-20-8-6-14/h1-8,17-18,23H,9-13H2/t17-,18-/m1/s1. The summed E-state index contributed by atoms with van der Waals surface area (Å²) in [6.07, 6.45) is 3.75. The fourth-order valence-electron chi connectivity index (χ4n) is 3.82. The second kappa shape index (κ2) is 6.34. The van der Waals surface area contributed by atoms with Crippen molar-refractivity contribution in [2.24, 2.45) is 0 Å². The number of benzene rings is 1. The van der Waals surface area contributed by atoms with E-state index in [4.69, 9.17) is 0 Å². The van der Waals surface area contributed by atoms with Gasteiger partial charge in [-0.2, -0.15) is 0 Å². The van der Waals surface area contributed by atoms with Crippen LogP contribution in [0.3, 0.4) is 0 Å². The second-order valence-electron chi connectivity index (χ2n) is 6.48. The summed E-state index contributed by atoms with van der Waals surface area (Å²) in [5.74, 6) is 0.0623. The lowest BCUT2D eigenvalue weighted by atomic mass is 10.1. The Kier molecular flexibility index (Phi) is 4.04. The van der Waals surface area contributed by atoms with Crippen LogP contribution in [0, 0.1) is 0 Å². The summed E-state index contributed by atoms with van der Waals surface area (Å²) in [5.41, 5.74) is 2.98. The molecule has 1 N–H and O–H groups in total. The molecule has 1 aliphatic carbocycles. The first-order valence-electron chi connectivity index (χ1n) is 8.43. The van der Waals surface area contributed by atoms with E-state index in [-0.39, 0.29) is 11.9 Å². The van der Waals surface area contributed by atoms with E-state index in [1.165, 1.54) is 5.56 Å². The van der Waals surface area contributed by atoms with Crippen LogP contribution >= 0.6 is 0 Å². The lowest BCUT2D eigenvalue weighted by Gasteiger charge is -2.39. The Balaban J connectivity index is 1.40. The zero-order valence-corrected chi connectivity index (χ0v) is 13.5. The SMILES string of the molecule is O=C(c1ccncc1)N1CCN([C@@H]2Cc3ccccc3[C@H]2O)CC1. The molecule has 0 bridgehead atoms. The molecule has 0 radical (unpaired) electrons. The van der Waals surface area contributed by atoms with E-state index in [0.29, 0.717) is 18.7 Å². The lowest BCUT2D eigenvalue weighted by Crippen LogP contribution is -2.53. The minimum Gasteiger partial charge on any atom is -0.387 e. The molecule has 1 aliphatic heterocycles. The average molecular weight is 323 g/mol. The highest BCUT2D eigenvalue weighted by Crippen LogP contribution is 2.34. The van der Waals surface area contributed by atoms with E-state index in [1.807, 2.05) is 23.1 Å². The van der Waals surface area contributed by atoms with Gasteiger partial charge in [-0.05, 0) is 29.7 Å². The van der Waals surface area contributed by atoms with Gasteiger partial charge in [0, 0.05) is 50.2 Å². The van der Waals surface area contributed by atoms with Crippen molar-refractivity contribution in [3.63, 3.8) is 0 Å². The molecule has 0 unspecified atom stereocenters. The van der Waals surface area contributed by atoms with Crippen molar-refractivity contribution < 1.29 is 9.90 Å². The van der Waals surface area contributed by atoms with Gasteiger partial charge in [0.25, 0.3) is 5.91 Å². The molecule has 1 fully saturated rings. The van der Waals surface area contributed by atoms with Crippen LogP contribution in [-0.2, 0) is 6.42 Å². The number of rotatable bonds is 2. The summed E-state index contributed by atoms with van der Waals surface area (Å²) in [7, 11) is 0. The maximum atomic E-state index is 12.5. The Morgan fingerprint density at radius 3 is 2.46 bits per heavy atom. The smallest absolute Gasteiger partial charge is 0.254 e. The summed E-state index contributed by atoms with van der Waals surface area (Å²) in [4.78, 5) is 20.7. The maximum absolute atomic E-state index is 12.5. The molecule has 0 spiro atoms. The number of aliphatic hydroxyl groups excluding tert-OH is 1. The van der Waals surface area contributed by atoms with Gasteiger partial charge in [-0.1, -0.05) is 24.3 Å². The number of carbonyl (C=O) groups is 1. The first-order valence-corrected chi connectivity index (χ1v) is 8.43. The number of fused-ring (bicyclic) bond motifs is 1. The predicted octanol–water partition coefficient (Wildman–Crippen LogP) is 1.50. The van der Waals surface area contributed by atoms with Crippen molar-refractivity contribution in [2.45, 2.75) is 18.6 Å². The third-order valence-corrected chi connectivity index (χ3v) is 5.17. The van der Waals surface area contributed by atoms with Crippen LogP contribution in [0.1, 0.15) is 27.6 Å². The highest BCUT2D eigenvalue weighted by Gasteiger charge is 2.36. The molecular weight excluding hydrogens is 302 g/mol. The highest BCUT2D eigenvalue weighted by atomic mass is 16.3. The number of piperazine rings is 1. The van der Waals surface area contributed by atoms with E-state index >= 15 is 0 Å². The summed E-state index contributed by atoms with van der Waals surface area (Å²) < 4.78 is 0. The molecule has 1 aromatic carbocycles. The minimum absolute atomic E-state index is 0.0623. The molecule has 1 saturated heterocycles. The molecular formula is C19H21N3O2. The van der Waals surface area contributed by atoms with E-state index in [9.17, 15) is 9.90 Å². The van der Waals surface area contributed by atoms with Crippen molar-refractivity contribution in [1.29, 1.82) is 0 Å². The molecule has 1 amide bonds. The third-order valence-electron chi connectivity index (χ3n) is 5.17. The molecule has 5 nitrogen and oxygen atoms in total. The van der Waals surface area contributed by atoms with Crippen LogP contribution in [-0.4, -0.2) is 58.0 Å². The largest absolute Gasteiger partial charge is 0.387 e. The van der Waals surface area contributed by atoms with Gasteiger partial charge < -0.3 is 10.0 Å². The Labute approximate surface area is 141 Å². The number of amides is 1. The van der Waals surface area contributed by atoms with Crippen LogP contribution < -0.4 is 0 Å². The van der Waals surface area contributed by atoms with Gasteiger partial charge >= 0.3 is 0 Å². The van der Waals surface area contributed by atoms with E-state index in [0.717, 1.165) is 25.1 Å². The first kappa shape index (κ1) is 15.3. The first-order chi connectivity index (χ1) is 11.7. The van der Waals surface area contributed by atoms with E-state index < -0.39 is 6.10 Å². The van der Waals surface area contributed by atoms with Crippen LogP contribution in [0.5, 0.6) is 0 Å². The summed E-state index contributed by atoms with van der Waals surface area (Å²) in [5, 5.41) is 10.6. The van der Waals surface area contributed by atoms with Gasteiger partial charge in [0.2, 0.25) is 0 Å². The van der Waals surface area contributed by atoms with Crippen LogP contribution in [0.25, 0.3) is 0 Å². The second-order valence-corrected chi connectivity index (χ2v) is 6.48. The van der Waals surface area contributed by atoms with Gasteiger partial charge in [0.05, 0.1) is 6.10 Å². The van der Waals surface area contributed by atoms with Crippen molar-refractivity contribution in [3.05, 3.63) is 65.5 Å². The summed E-state index contributed by atoms with van der Waals surface area (Å²) >= 11 is 0. The fourth-order valence-corrected chi connectivity index (χ4v) is 3.82. The summed E-state index contributed by atoms with van der Waals surface area (Å²) in [6.45, 7) is 2.99. The normalized spacial score (nSPS) is 24.0. The Morgan fingerprint density at radius 2 is 1.75 bits per heavy atom. The number of hydrogen-bond donors (Lipinski definition) is 1. The molecule has 2 heterocycles. The number of aliphatic hydroxyl groups is 1. The van der Waals surface area contributed by atoms with Gasteiger partial charge in [-0.3, -0.25) is 14.7 Å². The Bertz CT molecular complexity index is 726. The quantitative estimate of drug-likeness (QED) is 0.910. The molecule has 0 saturated carbocycles. The Morgan fingerprint density at radius 1 is 1.04 bits per heavy atom. The monoisotopic (exact) mass is 323 g/mol. The van der Waals surface area contributed by atoms with Crippen molar-refractivity contribution in [1.82, 2.24) is 14.8 Å². The van der Waals surface area contributed by atoms with E-state index in [1.54, 1.807) is 24.5 Å². The molecule has 2 aromatic rings. The van der Waals surface area contributed by atoms with Gasteiger partial charge in [-0.25, -0.2) is 0 Å². The molecule has 124 valence electrons. The highest BCUT2D eigenvalue weighted by molar-refractivity contribution is 5.94. The zero-order valence-electron chi connectivity index (χ0n) is 13.5. The Hall–Kier alpha value is -2.24. The lowest BCUT2D eigenvalue weighted by molar-refractivity contribution is 0.0255. The minimum atomic E-state index is -0.427. The third kappa shape index (κ3) is 2.70. The maximum Gasteiger partial charge on any atom is 0.254 e. The molecule has 24 heavy (non-hydrogen) atoms. The topological polar surface area (TPSA) is 56.7 Å². The van der Waals surface area contributed by atoms with E-state index in [2.05, 4.69) is 16.0 Å². The van der Waals surface area contributed by atoms with Gasteiger partial charge in [0.1, 0.15) is 0 Å². The average Bonchev–Trinajstić information content (AvgIpc) is 2.99. The van der Waals surface area contributed by atoms with Gasteiger partial charge in [0.15, 0.2) is 0 Å². The van der Waals surface area contributed by atoms with Crippen LogP contribution in [0.2, 0.25) is 0 Å². The molecule has 1 aromatic heterocycles. The summed E-state index contributed by atoms with van der Waals surface area (Å²) in [6, 6.07) is 11.8. The fraction of sp³-hybridized carbons (Fsp3) is 0.368. The van der Waals surface area contributed by atoms with Crippen molar-refractivity contribution >= 4 is 5.91 Å². The van der Waals surface area contributed by atoms with Gasteiger partial charge in [-0.15, -0.1) is 0 Å². The number of carbonyl (C=O) groups excluding carboxylic acids is 1. The van der Waals surface area contributed by atoms with Crippen molar-refractivity contribution in [2.75, 3.05) is 26.2 Å². The molecule has 4 rings (SSSR count). The van der Waals surface area contributed by atoms with Crippen LogP contribution in [0.15, 0.2) is 48.8 Å². The number of aromatic nitrogens is 1. The molecule has 2 atom stereocenters. The molecule has 2 aliphatic rings. The molecule has 5 heteroatoms. The number of nitrogens with zero attached hydrogens (tertiary/aromatic N) is 3. The predicted molar refractivity (Wildman–Crippen MR) is 90.6 cm³/mol. The van der Waals surface area contributed by atoms with Crippen molar-refractivity contribution in [3.8, 4) is 0 Å².